The fourth-order valence-electron chi connectivity index (χ4n) is 4.46. The molecule has 1 aliphatic rings. The van der Waals surface area contributed by atoms with Crippen molar-refractivity contribution in [2.75, 3.05) is 0 Å². The van der Waals surface area contributed by atoms with Crippen LogP contribution in [0.15, 0.2) is 12.4 Å². The average molecular weight is 395 g/mol. The molecule has 5 rings (SSSR count). The van der Waals surface area contributed by atoms with Crippen LogP contribution in [0, 0.1) is 18.3 Å². The van der Waals surface area contributed by atoms with E-state index in [1.54, 1.807) is 6.33 Å². The van der Waals surface area contributed by atoms with Gasteiger partial charge in [-0.3, -0.25) is 4.68 Å². The molecule has 0 saturated carbocycles. The third kappa shape index (κ3) is 2.59. The lowest BCUT2D eigenvalue weighted by molar-refractivity contribution is 0.184. The Bertz CT molecular complexity index is 1190. The Morgan fingerprint density at radius 2 is 2.11 bits per heavy atom. The van der Waals surface area contributed by atoms with Gasteiger partial charge in [-0.25, -0.2) is 14.5 Å². The second-order valence-electron chi connectivity index (χ2n) is 8.71. The molecule has 4 heterocycles. The zero-order valence-electron chi connectivity index (χ0n) is 17.2. The summed E-state index contributed by atoms with van der Waals surface area (Å²) in [6.45, 7) is 9.12. The van der Waals surface area contributed by atoms with Crippen molar-refractivity contribution in [3.8, 4) is 11.5 Å². The maximum Gasteiger partial charge on any atom is 0.200 e. The monoisotopic (exact) mass is 394 g/mol. The Labute approximate surface area is 168 Å². The molecule has 0 unspecified atom stereocenters. The van der Waals surface area contributed by atoms with Crippen molar-refractivity contribution >= 4 is 27.2 Å². The molecule has 1 aliphatic carbocycles. The number of aromatic nitrogens is 6. The van der Waals surface area contributed by atoms with Crippen LogP contribution in [0.25, 0.3) is 27.4 Å². The van der Waals surface area contributed by atoms with Gasteiger partial charge in [-0.1, -0.05) is 27.2 Å². The molecule has 146 valence electrons. The summed E-state index contributed by atoms with van der Waals surface area (Å²) in [5, 5.41) is 10.3. The van der Waals surface area contributed by atoms with Gasteiger partial charge in [0.15, 0.2) is 11.5 Å². The van der Waals surface area contributed by atoms with E-state index in [1.807, 2.05) is 40.6 Å². The number of nitrogens with zero attached hydrogens (tertiary/aromatic N) is 6. The summed E-state index contributed by atoms with van der Waals surface area (Å²) in [4.78, 5) is 12.2. The molecule has 1 atom stereocenters. The normalized spacial score (nSPS) is 17.5. The van der Waals surface area contributed by atoms with Gasteiger partial charge in [-0.2, -0.15) is 5.10 Å². The molecule has 7 heteroatoms. The van der Waals surface area contributed by atoms with Crippen LogP contribution in [-0.4, -0.2) is 29.4 Å². The molecule has 0 fully saturated rings. The summed E-state index contributed by atoms with van der Waals surface area (Å²) in [5.74, 6) is 1.44. The van der Waals surface area contributed by atoms with E-state index < -0.39 is 0 Å². The Morgan fingerprint density at radius 1 is 1.29 bits per heavy atom. The minimum Gasteiger partial charge on any atom is -0.264 e. The van der Waals surface area contributed by atoms with Crippen molar-refractivity contribution in [1.82, 2.24) is 29.4 Å². The Kier molecular flexibility index (Phi) is 3.88. The van der Waals surface area contributed by atoms with E-state index in [9.17, 15) is 0 Å². The molecule has 0 aromatic carbocycles. The molecule has 0 N–H and O–H groups in total. The van der Waals surface area contributed by atoms with Crippen LogP contribution < -0.4 is 0 Å². The molecule has 6 nitrogen and oxygen atoms in total. The standard InChI is InChI=1S/C21H26N6S/c1-6-21(3,4)13-7-8-14-16(10-13)28-20-17(14)19-23-18(25-27(19)11-22-20)15-9-12(2)24-26(15)5/h9,11,13H,6-8,10H2,1-5H3/t13-/m1/s1. The number of rotatable bonds is 3. The molecule has 0 bridgehead atoms. The van der Waals surface area contributed by atoms with Crippen molar-refractivity contribution in [2.24, 2.45) is 18.4 Å². The van der Waals surface area contributed by atoms with Crippen LogP contribution in [0.3, 0.4) is 0 Å². The first-order valence-corrected chi connectivity index (χ1v) is 10.9. The van der Waals surface area contributed by atoms with Crippen LogP contribution in [0.4, 0.5) is 0 Å². The second kappa shape index (κ2) is 6.11. The van der Waals surface area contributed by atoms with Crippen molar-refractivity contribution in [2.45, 2.75) is 53.4 Å². The van der Waals surface area contributed by atoms with Crippen molar-refractivity contribution < 1.29 is 0 Å². The Morgan fingerprint density at radius 3 is 2.82 bits per heavy atom. The van der Waals surface area contributed by atoms with E-state index in [2.05, 4.69) is 25.9 Å². The summed E-state index contributed by atoms with van der Waals surface area (Å²) >= 11 is 1.85. The third-order valence-electron chi connectivity index (χ3n) is 6.63. The zero-order valence-corrected chi connectivity index (χ0v) is 18.0. The van der Waals surface area contributed by atoms with E-state index >= 15 is 0 Å². The zero-order chi connectivity index (χ0) is 19.6. The van der Waals surface area contributed by atoms with Gasteiger partial charge in [0.2, 0.25) is 0 Å². The molecular weight excluding hydrogens is 368 g/mol. The van der Waals surface area contributed by atoms with Crippen LogP contribution >= 0.6 is 11.3 Å². The highest BCUT2D eigenvalue weighted by atomic mass is 32.1. The number of hydrogen-bond acceptors (Lipinski definition) is 5. The first-order valence-electron chi connectivity index (χ1n) is 10.0. The van der Waals surface area contributed by atoms with Crippen molar-refractivity contribution in [1.29, 1.82) is 0 Å². The van der Waals surface area contributed by atoms with E-state index in [0.29, 0.717) is 11.2 Å². The van der Waals surface area contributed by atoms with Gasteiger partial charge in [-0.05, 0) is 49.1 Å². The van der Waals surface area contributed by atoms with Crippen LogP contribution in [0.1, 0.15) is 49.7 Å². The highest BCUT2D eigenvalue weighted by molar-refractivity contribution is 7.19. The van der Waals surface area contributed by atoms with E-state index in [-0.39, 0.29) is 0 Å². The quantitative estimate of drug-likeness (QED) is 0.510. The van der Waals surface area contributed by atoms with Crippen LogP contribution in [0.5, 0.6) is 0 Å². The minimum absolute atomic E-state index is 0.385. The second-order valence-corrected chi connectivity index (χ2v) is 9.79. The van der Waals surface area contributed by atoms with Gasteiger partial charge in [-0.15, -0.1) is 16.4 Å². The molecule has 0 spiro atoms. The van der Waals surface area contributed by atoms with E-state index in [0.717, 1.165) is 40.6 Å². The van der Waals surface area contributed by atoms with Gasteiger partial charge in [0.05, 0.1) is 11.1 Å². The largest absolute Gasteiger partial charge is 0.264 e. The highest BCUT2D eigenvalue weighted by Crippen LogP contribution is 2.45. The SMILES string of the molecule is CCC(C)(C)[C@@H]1CCc2c(sc3ncn4nc(-c5cc(C)nn5C)nc4c23)C1. The fourth-order valence-corrected chi connectivity index (χ4v) is 5.72. The van der Waals surface area contributed by atoms with Crippen molar-refractivity contribution in [3.05, 3.63) is 28.5 Å². The highest BCUT2D eigenvalue weighted by Gasteiger charge is 2.33. The predicted octanol–water partition coefficient (Wildman–Crippen LogP) is 4.59. The molecule has 0 aliphatic heterocycles. The minimum atomic E-state index is 0.385. The van der Waals surface area contributed by atoms with Gasteiger partial charge >= 0.3 is 0 Å². The summed E-state index contributed by atoms with van der Waals surface area (Å²) < 4.78 is 3.67. The number of fused-ring (bicyclic) bond motifs is 5. The van der Waals surface area contributed by atoms with E-state index in [4.69, 9.17) is 15.1 Å². The number of aryl methyl sites for hydroxylation is 3. The molecule has 4 aromatic rings. The maximum atomic E-state index is 4.91. The Hall–Kier alpha value is -2.28. The molecule has 28 heavy (non-hydrogen) atoms. The van der Waals surface area contributed by atoms with Gasteiger partial charge in [0.1, 0.15) is 16.9 Å². The first-order chi connectivity index (χ1) is 13.4. The molecule has 0 radical (unpaired) electrons. The van der Waals surface area contributed by atoms with E-state index in [1.165, 1.54) is 28.7 Å². The number of thiophene rings is 1. The Balaban J connectivity index is 1.64. The lowest BCUT2D eigenvalue weighted by Gasteiger charge is -2.36. The topological polar surface area (TPSA) is 60.9 Å². The third-order valence-corrected chi connectivity index (χ3v) is 7.80. The van der Waals surface area contributed by atoms with Gasteiger partial charge in [0, 0.05) is 11.9 Å². The molecule has 0 saturated heterocycles. The summed E-state index contributed by atoms with van der Waals surface area (Å²) in [5.41, 5.74) is 4.65. The van der Waals surface area contributed by atoms with Gasteiger partial charge in [0.25, 0.3) is 0 Å². The van der Waals surface area contributed by atoms with Crippen molar-refractivity contribution in [3.63, 3.8) is 0 Å². The smallest absolute Gasteiger partial charge is 0.200 e. The fraction of sp³-hybridized carbons (Fsp3) is 0.524. The lowest BCUT2D eigenvalue weighted by atomic mass is 9.70. The lowest BCUT2D eigenvalue weighted by Crippen LogP contribution is -2.28. The summed E-state index contributed by atoms with van der Waals surface area (Å²) in [6, 6.07) is 2.03. The maximum absolute atomic E-state index is 4.91. The van der Waals surface area contributed by atoms with Crippen LogP contribution in [0.2, 0.25) is 0 Å². The summed E-state index contributed by atoms with van der Waals surface area (Å²) in [6.07, 6.45) is 6.52. The van der Waals surface area contributed by atoms with Gasteiger partial charge < -0.3 is 0 Å². The molecule has 4 aromatic heterocycles. The van der Waals surface area contributed by atoms with Crippen LogP contribution in [-0.2, 0) is 19.9 Å². The number of hydrogen-bond donors (Lipinski definition) is 0. The summed E-state index contributed by atoms with van der Waals surface area (Å²) in [7, 11) is 1.93. The molecule has 0 amide bonds. The first kappa shape index (κ1) is 17.8. The molecular formula is C21H26N6S. The predicted molar refractivity (Wildman–Crippen MR) is 113 cm³/mol. The average Bonchev–Trinajstić information content (AvgIpc) is 3.34.